The molecule has 106 valence electrons. The molecule has 0 radical (unpaired) electrons. The molecular weight excluding hydrogens is 274 g/mol. The molecule has 0 fully saturated rings. The quantitative estimate of drug-likeness (QED) is 0.929. The molecule has 2 aromatic rings. The number of carbonyl (C=O) groups is 1. The summed E-state index contributed by atoms with van der Waals surface area (Å²) in [6, 6.07) is 0. The van der Waals surface area contributed by atoms with E-state index in [0.717, 1.165) is 36.0 Å². The van der Waals surface area contributed by atoms with Crippen LogP contribution in [0.1, 0.15) is 16.4 Å². The summed E-state index contributed by atoms with van der Waals surface area (Å²) in [5.74, 6) is 1.00. The van der Waals surface area contributed by atoms with Gasteiger partial charge in [-0.25, -0.2) is 9.97 Å². The van der Waals surface area contributed by atoms with E-state index < -0.39 is 0 Å². The van der Waals surface area contributed by atoms with Crippen molar-refractivity contribution >= 4 is 22.4 Å². The molecule has 0 saturated carbocycles. The van der Waals surface area contributed by atoms with Crippen LogP contribution in [0.25, 0.3) is 0 Å². The molecular formula is C13H17N5OS. The lowest BCUT2D eigenvalue weighted by molar-refractivity contribution is -0.117. The van der Waals surface area contributed by atoms with Crippen molar-refractivity contribution in [1.29, 1.82) is 0 Å². The first kappa shape index (κ1) is 13.3. The third-order valence-electron chi connectivity index (χ3n) is 3.47. The lowest BCUT2D eigenvalue weighted by Crippen LogP contribution is -2.39. The van der Waals surface area contributed by atoms with Crippen LogP contribution in [0.3, 0.4) is 0 Å². The number of hydrogen-bond donors (Lipinski definition) is 1. The second kappa shape index (κ2) is 5.34. The third kappa shape index (κ3) is 2.73. The lowest BCUT2D eigenvalue weighted by Gasteiger charge is -2.26. The number of hydrogen-bond acceptors (Lipinski definition) is 5. The second-order valence-electron chi connectivity index (χ2n) is 4.96. The number of fused-ring (bicyclic) bond motifs is 1. The first-order chi connectivity index (χ1) is 9.61. The second-order valence-corrected chi connectivity index (χ2v) is 6.16. The average molecular weight is 291 g/mol. The molecule has 0 spiro atoms. The van der Waals surface area contributed by atoms with Gasteiger partial charge in [0.2, 0.25) is 5.91 Å². The average Bonchev–Trinajstić information content (AvgIpc) is 2.96. The maximum Gasteiger partial charge on any atom is 0.240 e. The summed E-state index contributed by atoms with van der Waals surface area (Å²) in [5, 5.41) is 3.55. The van der Waals surface area contributed by atoms with Gasteiger partial charge in [0, 0.05) is 30.4 Å². The van der Waals surface area contributed by atoms with Gasteiger partial charge in [0.1, 0.15) is 5.82 Å². The zero-order chi connectivity index (χ0) is 14.1. The number of nitrogens with zero attached hydrogens (tertiary/aromatic N) is 4. The minimum atomic E-state index is -0.0150. The van der Waals surface area contributed by atoms with Crippen molar-refractivity contribution in [2.24, 2.45) is 0 Å². The van der Waals surface area contributed by atoms with E-state index in [1.165, 1.54) is 11.3 Å². The number of amides is 1. The third-order valence-corrected chi connectivity index (χ3v) is 4.45. The number of thiazole rings is 1. The highest BCUT2D eigenvalue weighted by molar-refractivity contribution is 7.15. The Hall–Kier alpha value is -1.73. The fraction of sp³-hybridized carbons (Fsp3) is 0.462. The van der Waals surface area contributed by atoms with Gasteiger partial charge < -0.3 is 9.88 Å². The van der Waals surface area contributed by atoms with Crippen LogP contribution in [-0.2, 0) is 17.9 Å². The van der Waals surface area contributed by atoms with Crippen LogP contribution in [0.5, 0.6) is 0 Å². The van der Waals surface area contributed by atoms with Crippen molar-refractivity contribution in [3.8, 4) is 0 Å². The monoisotopic (exact) mass is 291 g/mol. The van der Waals surface area contributed by atoms with Gasteiger partial charge >= 0.3 is 0 Å². The first-order valence-electron chi connectivity index (χ1n) is 6.58. The van der Waals surface area contributed by atoms with Crippen molar-refractivity contribution in [2.45, 2.75) is 26.9 Å². The van der Waals surface area contributed by atoms with Crippen LogP contribution in [-0.4, -0.2) is 38.4 Å². The van der Waals surface area contributed by atoms with Gasteiger partial charge in [-0.15, -0.1) is 11.3 Å². The van der Waals surface area contributed by atoms with Gasteiger partial charge in [0.25, 0.3) is 0 Å². The molecule has 0 saturated heterocycles. The van der Waals surface area contributed by atoms with E-state index in [2.05, 4.69) is 24.8 Å². The highest BCUT2D eigenvalue weighted by atomic mass is 32.1. The number of anilines is 1. The molecule has 0 unspecified atom stereocenters. The van der Waals surface area contributed by atoms with E-state index in [9.17, 15) is 4.79 Å². The Morgan fingerprint density at radius 3 is 3.05 bits per heavy atom. The van der Waals surface area contributed by atoms with E-state index >= 15 is 0 Å². The summed E-state index contributed by atoms with van der Waals surface area (Å²) >= 11 is 1.52. The lowest BCUT2D eigenvalue weighted by atomic mass is 10.3. The number of imidazole rings is 1. The summed E-state index contributed by atoms with van der Waals surface area (Å²) < 4.78 is 2.13. The van der Waals surface area contributed by atoms with Gasteiger partial charge in [-0.2, -0.15) is 0 Å². The number of carbonyl (C=O) groups excluding carboxylic acids is 1. The van der Waals surface area contributed by atoms with Gasteiger partial charge in [-0.05, 0) is 13.8 Å². The Kier molecular flexibility index (Phi) is 3.54. The SMILES string of the molecule is Cc1nc(NC(=O)CN2CCn3ccnc3C2)sc1C. The molecule has 0 aromatic carbocycles. The summed E-state index contributed by atoms with van der Waals surface area (Å²) in [6.07, 6.45) is 3.79. The van der Waals surface area contributed by atoms with E-state index in [0.29, 0.717) is 11.7 Å². The van der Waals surface area contributed by atoms with Gasteiger partial charge in [0.15, 0.2) is 5.13 Å². The van der Waals surface area contributed by atoms with Crippen molar-refractivity contribution in [3.63, 3.8) is 0 Å². The number of aryl methyl sites for hydroxylation is 2. The zero-order valence-electron chi connectivity index (χ0n) is 11.6. The van der Waals surface area contributed by atoms with E-state index in [-0.39, 0.29) is 5.91 Å². The predicted molar refractivity (Wildman–Crippen MR) is 77.7 cm³/mol. The molecule has 1 N–H and O–H groups in total. The van der Waals surface area contributed by atoms with E-state index in [4.69, 9.17) is 0 Å². The minimum Gasteiger partial charge on any atom is -0.333 e. The van der Waals surface area contributed by atoms with Crippen LogP contribution in [0.4, 0.5) is 5.13 Å². The van der Waals surface area contributed by atoms with Crippen molar-refractivity contribution in [3.05, 3.63) is 28.8 Å². The molecule has 1 amide bonds. The van der Waals surface area contributed by atoms with Crippen LogP contribution in [0, 0.1) is 13.8 Å². The zero-order valence-corrected chi connectivity index (χ0v) is 12.4. The standard InChI is InChI=1S/C13H17N5OS/c1-9-10(2)20-13(15-9)16-12(19)8-17-5-6-18-4-3-14-11(18)7-17/h3-4H,5-8H2,1-2H3,(H,15,16,19). The molecule has 0 aliphatic carbocycles. The predicted octanol–water partition coefficient (Wildman–Crippen LogP) is 1.41. The maximum absolute atomic E-state index is 12.0. The summed E-state index contributed by atoms with van der Waals surface area (Å²) in [7, 11) is 0. The minimum absolute atomic E-state index is 0.0150. The fourth-order valence-corrected chi connectivity index (χ4v) is 3.08. The van der Waals surface area contributed by atoms with Crippen LogP contribution >= 0.6 is 11.3 Å². The molecule has 20 heavy (non-hydrogen) atoms. The number of rotatable bonds is 3. The molecule has 2 aromatic heterocycles. The van der Waals surface area contributed by atoms with Gasteiger partial charge in [-0.1, -0.05) is 0 Å². The highest BCUT2D eigenvalue weighted by Crippen LogP contribution is 2.21. The van der Waals surface area contributed by atoms with E-state index in [1.54, 1.807) is 6.20 Å². The molecule has 1 aliphatic rings. The molecule has 0 atom stereocenters. The molecule has 6 nitrogen and oxygen atoms in total. The summed E-state index contributed by atoms with van der Waals surface area (Å²) in [6.45, 7) is 6.81. The Balaban J connectivity index is 1.57. The summed E-state index contributed by atoms with van der Waals surface area (Å²) in [5.41, 5.74) is 0.977. The van der Waals surface area contributed by atoms with Crippen LogP contribution in [0.15, 0.2) is 12.4 Å². The molecule has 3 rings (SSSR count). The van der Waals surface area contributed by atoms with Crippen LogP contribution < -0.4 is 5.32 Å². The summed E-state index contributed by atoms with van der Waals surface area (Å²) in [4.78, 5) is 23.9. The van der Waals surface area contributed by atoms with Crippen molar-refractivity contribution < 1.29 is 4.79 Å². The molecule has 1 aliphatic heterocycles. The maximum atomic E-state index is 12.0. The Labute approximate surface area is 121 Å². The number of aromatic nitrogens is 3. The first-order valence-corrected chi connectivity index (χ1v) is 7.40. The Morgan fingerprint density at radius 2 is 2.30 bits per heavy atom. The van der Waals surface area contributed by atoms with Crippen molar-refractivity contribution in [1.82, 2.24) is 19.4 Å². The van der Waals surface area contributed by atoms with Gasteiger partial charge in [-0.3, -0.25) is 9.69 Å². The van der Waals surface area contributed by atoms with E-state index in [1.807, 2.05) is 20.0 Å². The highest BCUT2D eigenvalue weighted by Gasteiger charge is 2.19. The topological polar surface area (TPSA) is 63.1 Å². The van der Waals surface area contributed by atoms with Gasteiger partial charge in [0.05, 0.1) is 18.8 Å². The molecule has 0 bridgehead atoms. The number of nitrogens with one attached hydrogen (secondary N) is 1. The molecule has 3 heterocycles. The normalized spacial score (nSPS) is 15.1. The fourth-order valence-electron chi connectivity index (χ4n) is 2.25. The van der Waals surface area contributed by atoms with Crippen LogP contribution in [0.2, 0.25) is 0 Å². The largest absolute Gasteiger partial charge is 0.333 e. The Bertz CT molecular complexity index is 613. The Morgan fingerprint density at radius 1 is 1.45 bits per heavy atom. The molecule has 7 heteroatoms. The smallest absolute Gasteiger partial charge is 0.240 e. The van der Waals surface area contributed by atoms with Crippen molar-refractivity contribution in [2.75, 3.05) is 18.4 Å².